The summed E-state index contributed by atoms with van der Waals surface area (Å²) in [6, 6.07) is 0.498. The first-order valence-corrected chi connectivity index (χ1v) is 6.64. The van der Waals surface area contributed by atoms with Crippen LogP contribution in [-0.4, -0.2) is 48.1 Å². The second-order valence-electron chi connectivity index (χ2n) is 4.96. The van der Waals surface area contributed by atoms with Gasteiger partial charge < -0.3 is 15.5 Å². The van der Waals surface area contributed by atoms with E-state index in [-0.39, 0.29) is 0 Å². The average molecular weight is 249 g/mol. The lowest BCUT2D eigenvalue weighted by Gasteiger charge is -2.17. The minimum atomic E-state index is 0.498. The number of nitrogens with zero attached hydrogens (tertiary/aromatic N) is 3. The highest BCUT2D eigenvalue weighted by Gasteiger charge is 2.21. The van der Waals surface area contributed by atoms with E-state index in [1.807, 2.05) is 7.05 Å². The predicted molar refractivity (Wildman–Crippen MR) is 75.2 cm³/mol. The number of rotatable bonds is 4. The number of hydrogen-bond donors (Lipinski definition) is 2. The number of aromatic nitrogens is 2. The Morgan fingerprint density at radius 1 is 1.33 bits per heavy atom. The molecule has 0 aromatic carbocycles. The summed E-state index contributed by atoms with van der Waals surface area (Å²) in [5, 5.41) is 6.70. The van der Waals surface area contributed by atoms with Crippen molar-refractivity contribution in [3.05, 3.63) is 11.4 Å². The maximum Gasteiger partial charge on any atom is 0.135 e. The second-order valence-corrected chi connectivity index (χ2v) is 4.96. The molecule has 0 radical (unpaired) electrons. The Morgan fingerprint density at radius 3 is 2.61 bits per heavy atom. The minimum Gasteiger partial charge on any atom is -0.373 e. The van der Waals surface area contributed by atoms with Crippen LogP contribution < -0.4 is 10.6 Å². The normalized spacial score (nSPS) is 20.1. The molecule has 0 amide bonds. The Kier molecular flexibility index (Phi) is 4.01. The molecule has 0 spiro atoms. The molecule has 100 valence electrons. The van der Waals surface area contributed by atoms with Crippen molar-refractivity contribution < 1.29 is 0 Å². The van der Waals surface area contributed by atoms with Crippen molar-refractivity contribution in [2.24, 2.45) is 0 Å². The molecule has 0 bridgehead atoms. The Bertz CT molecular complexity index is 418. The lowest BCUT2D eigenvalue weighted by molar-refractivity contribution is 0.414. The Hall–Kier alpha value is -1.36. The summed E-state index contributed by atoms with van der Waals surface area (Å²) in [5.41, 5.74) is 1.10. The zero-order chi connectivity index (χ0) is 13.1. The van der Waals surface area contributed by atoms with Crippen LogP contribution in [-0.2, 0) is 6.42 Å². The van der Waals surface area contributed by atoms with Crippen LogP contribution in [0.25, 0.3) is 0 Å². The molecule has 0 aliphatic carbocycles. The molecule has 1 aromatic rings. The molecule has 1 aromatic heterocycles. The zero-order valence-corrected chi connectivity index (χ0v) is 11.7. The smallest absolute Gasteiger partial charge is 0.135 e. The minimum absolute atomic E-state index is 0.498. The largest absolute Gasteiger partial charge is 0.373 e. The van der Waals surface area contributed by atoms with Gasteiger partial charge in [0.25, 0.3) is 0 Å². The molecule has 1 aliphatic rings. The van der Waals surface area contributed by atoms with Gasteiger partial charge in [-0.3, -0.25) is 0 Å². The van der Waals surface area contributed by atoms with Crippen LogP contribution in [0.1, 0.15) is 24.7 Å². The third-order valence-electron chi connectivity index (χ3n) is 3.48. The number of likely N-dealkylation sites (N-methyl/N-ethyl adjacent to an activating group) is 1. The lowest BCUT2D eigenvalue weighted by atomic mass is 10.2. The molecule has 5 nitrogen and oxygen atoms in total. The topological polar surface area (TPSA) is 53.1 Å². The van der Waals surface area contributed by atoms with Gasteiger partial charge in [-0.15, -0.1) is 0 Å². The lowest BCUT2D eigenvalue weighted by Crippen LogP contribution is -2.25. The van der Waals surface area contributed by atoms with E-state index in [4.69, 9.17) is 0 Å². The average Bonchev–Trinajstić information content (AvgIpc) is 2.77. The van der Waals surface area contributed by atoms with Gasteiger partial charge in [0, 0.05) is 31.6 Å². The molecule has 2 heterocycles. The van der Waals surface area contributed by atoms with Gasteiger partial charge in [0.2, 0.25) is 0 Å². The van der Waals surface area contributed by atoms with Crippen molar-refractivity contribution in [3.8, 4) is 0 Å². The molecule has 1 fully saturated rings. The van der Waals surface area contributed by atoms with Crippen molar-refractivity contribution in [3.63, 3.8) is 0 Å². The monoisotopic (exact) mass is 249 g/mol. The van der Waals surface area contributed by atoms with Gasteiger partial charge in [0.15, 0.2) is 0 Å². The summed E-state index contributed by atoms with van der Waals surface area (Å²) in [6.45, 7) is 6.38. The van der Waals surface area contributed by atoms with Crippen LogP contribution >= 0.6 is 0 Å². The number of nitrogens with one attached hydrogen (secondary N) is 2. The Balaban J connectivity index is 2.20. The summed E-state index contributed by atoms with van der Waals surface area (Å²) in [5.74, 6) is 2.79. The van der Waals surface area contributed by atoms with Gasteiger partial charge in [-0.05, 0) is 26.9 Å². The molecule has 1 aliphatic heterocycles. The highest BCUT2D eigenvalue weighted by Crippen LogP contribution is 2.22. The van der Waals surface area contributed by atoms with E-state index in [1.54, 1.807) is 0 Å². The first kappa shape index (κ1) is 13.1. The van der Waals surface area contributed by atoms with Crippen LogP contribution in [0.3, 0.4) is 0 Å². The fraction of sp³-hybridized carbons (Fsp3) is 0.692. The van der Waals surface area contributed by atoms with E-state index in [0.29, 0.717) is 6.04 Å². The molecule has 0 saturated carbocycles. The number of anilines is 2. The van der Waals surface area contributed by atoms with E-state index in [1.165, 1.54) is 6.42 Å². The molecule has 1 unspecified atom stereocenters. The van der Waals surface area contributed by atoms with Crippen molar-refractivity contribution in [2.45, 2.75) is 32.7 Å². The molecule has 1 saturated heterocycles. The predicted octanol–water partition coefficient (Wildman–Crippen LogP) is 1.51. The molecule has 18 heavy (non-hydrogen) atoms. The number of aryl methyl sites for hydroxylation is 1. The summed E-state index contributed by atoms with van der Waals surface area (Å²) in [7, 11) is 4.06. The van der Waals surface area contributed by atoms with Gasteiger partial charge >= 0.3 is 0 Å². The molecule has 5 heteroatoms. The summed E-state index contributed by atoms with van der Waals surface area (Å²) >= 11 is 0. The van der Waals surface area contributed by atoms with Crippen LogP contribution in [0.4, 0.5) is 11.6 Å². The van der Waals surface area contributed by atoms with Gasteiger partial charge in [-0.1, -0.05) is 6.92 Å². The van der Waals surface area contributed by atoms with Crippen LogP contribution in [0.15, 0.2) is 0 Å². The van der Waals surface area contributed by atoms with E-state index < -0.39 is 0 Å². The van der Waals surface area contributed by atoms with Crippen LogP contribution in [0, 0.1) is 6.92 Å². The molecule has 1 atom stereocenters. The Labute approximate surface area is 109 Å². The summed E-state index contributed by atoms with van der Waals surface area (Å²) in [6.07, 6.45) is 2.03. The van der Waals surface area contributed by atoms with Crippen molar-refractivity contribution in [1.82, 2.24) is 14.9 Å². The highest BCUT2D eigenvalue weighted by molar-refractivity contribution is 5.57. The molecular weight excluding hydrogens is 226 g/mol. The van der Waals surface area contributed by atoms with E-state index >= 15 is 0 Å². The maximum atomic E-state index is 4.61. The summed E-state index contributed by atoms with van der Waals surface area (Å²) < 4.78 is 0. The number of hydrogen-bond acceptors (Lipinski definition) is 5. The Morgan fingerprint density at radius 2 is 2.06 bits per heavy atom. The first-order valence-electron chi connectivity index (χ1n) is 6.64. The zero-order valence-electron chi connectivity index (χ0n) is 11.7. The fourth-order valence-corrected chi connectivity index (χ4v) is 2.35. The standard InChI is InChI=1S/C13H23N5/c1-5-11-16-12(14-3)9(2)13(17-11)15-10-6-7-18(4)8-10/h10H,5-8H2,1-4H3,(H2,14,15,16,17). The molecular formula is C13H23N5. The van der Waals surface area contributed by atoms with Gasteiger partial charge in [0.1, 0.15) is 17.5 Å². The van der Waals surface area contributed by atoms with Gasteiger partial charge in [0.05, 0.1) is 0 Å². The number of likely N-dealkylation sites (tertiary alicyclic amines) is 1. The van der Waals surface area contributed by atoms with Gasteiger partial charge in [-0.25, -0.2) is 9.97 Å². The second kappa shape index (κ2) is 5.52. The fourth-order valence-electron chi connectivity index (χ4n) is 2.35. The van der Waals surface area contributed by atoms with Crippen molar-refractivity contribution in [1.29, 1.82) is 0 Å². The van der Waals surface area contributed by atoms with Crippen molar-refractivity contribution in [2.75, 3.05) is 37.8 Å². The van der Waals surface area contributed by atoms with Crippen LogP contribution in [0.2, 0.25) is 0 Å². The quantitative estimate of drug-likeness (QED) is 0.847. The van der Waals surface area contributed by atoms with E-state index in [2.05, 4.69) is 46.4 Å². The van der Waals surface area contributed by atoms with Gasteiger partial charge in [-0.2, -0.15) is 0 Å². The molecule has 2 rings (SSSR count). The third kappa shape index (κ3) is 2.72. The highest BCUT2D eigenvalue weighted by atomic mass is 15.2. The summed E-state index contributed by atoms with van der Waals surface area (Å²) in [4.78, 5) is 11.4. The first-order chi connectivity index (χ1) is 8.63. The van der Waals surface area contributed by atoms with E-state index in [9.17, 15) is 0 Å². The van der Waals surface area contributed by atoms with E-state index in [0.717, 1.165) is 42.5 Å². The third-order valence-corrected chi connectivity index (χ3v) is 3.48. The maximum absolute atomic E-state index is 4.61. The molecule has 2 N–H and O–H groups in total. The SMILES string of the molecule is CCc1nc(NC)c(C)c(NC2CCN(C)C2)n1. The van der Waals surface area contributed by atoms with Crippen LogP contribution in [0.5, 0.6) is 0 Å². The van der Waals surface area contributed by atoms with Crippen molar-refractivity contribution >= 4 is 11.6 Å².